The number of para-hydroxylation sites is 1. The molecule has 8 nitrogen and oxygen atoms in total. The van der Waals surface area contributed by atoms with Gasteiger partial charge in [0.05, 0.1) is 30.6 Å². The normalized spacial score (nSPS) is 29.6. The zero-order chi connectivity index (χ0) is 25.5. The van der Waals surface area contributed by atoms with Crippen LogP contribution in [0.4, 0.5) is 5.69 Å². The highest BCUT2D eigenvalue weighted by Gasteiger charge is 2.75. The van der Waals surface area contributed by atoms with Crippen molar-refractivity contribution in [1.29, 1.82) is 0 Å². The molecule has 0 aliphatic carbocycles. The van der Waals surface area contributed by atoms with Gasteiger partial charge in [0.25, 0.3) is 5.91 Å². The molecule has 1 N–H and O–H groups in total. The lowest BCUT2D eigenvalue weighted by molar-refractivity contribution is -0.154. The molecule has 4 rings (SSSR count). The van der Waals surface area contributed by atoms with Crippen molar-refractivity contribution in [1.82, 2.24) is 4.90 Å². The first-order valence-corrected chi connectivity index (χ1v) is 12.1. The number of hydrogen-bond acceptors (Lipinski definition) is 6. The topological polar surface area (TPSA) is 96.4 Å². The summed E-state index contributed by atoms with van der Waals surface area (Å²) in [5, 5.41) is 10.0. The maximum Gasteiger partial charge on any atom is 0.312 e. The van der Waals surface area contributed by atoms with E-state index in [0.29, 0.717) is 12.8 Å². The highest BCUT2D eigenvalue weighted by atomic mass is 16.6. The third-order valence-corrected chi connectivity index (χ3v) is 7.61. The fourth-order valence-corrected chi connectivity index (χ4v) is 6.24. The Bertz CT molecular complexity index is 1030. The lowest BCUT2D eigenvalue weighted by atomic mass is 9.70. The average Bonchev–Trinajstić information content (AvgIpc) is 3.48. The Labute approximate surface area is 206 Å². The molecule has 0 saturated carbocycles. The predicted octanol–water partition coefficient (Wildman–Crippen LogP) is 2.31. The standard InChI is InChI=1S/C27H34N2O6/c1-6-13-28(22-16(3)9-8-10-17(22)4)25(32)23-27-12-11-19(35-27)20(26(33)34-14-7-2)21(27)24(31)29(23)18(5)15-30/h6-10,18-21,23,30H,1-2,11-15H2,3-5H3/t18-,19+,20-,21+,23?,27?/m1/s1. The first kappa shape index (κ1) is 25.1. The summed E-state index contributed by atoms with van der Waals surface area (Å²) in [4.78, 5) is 44.3. The molecule has 0 radical (unpaired) electrons. The van der Waals surface area contributed by atoms with Gasteiger partial charge in [0.1, 0.15) is 18.2 Å². The van der Waals surface area contributed by atoms with Crippen molar-refractivity contribution in [3.8, 4) is 0 Å². The number of fused-ring (bicyclic) bond motifs is 1. The summed E-state index contributed by atoms with van der Waals surface area (Å²) >= 11 is 0. The highest BCUT2D eigenvalue weighted by Crippen LogP contribution is 2.59. The second kappa shape index (κ2) is 9.59. The molecule has 3 aliphatic heterocycles. The highest BCUT2D eigenvalue weighted by molar-refractivity contribution is 6.05. The van der Waals surface area contributed by atoms with Gasteiger partial charge in [0.15, 0.2) is 0 Å². The van der Waals surface area contributed by atoms with Crippen molar-refractivity contribution < 1.29 is 29.0 Å². The van der Waals surface area contributed by atoms with Crippen LogP contribution in [0, 0.1) is 25.7 Å². The van der Waals surface area contributed by atoms with Crippen LogP contribution < -0.4 is 4.90 Å². The zero-order valence-electron chi connectivity index (χ0n) is 20.6. The van der Waals surface area contributed by atoms with Crippen molar-refractivity contribution in [2.24, 2.45) is 11.8 Å². The molecule has 1 spiro atoms. The quantitative estimate of drug-likeness (QED) is 0.429. The molecule has 2 bridgehead atoms. The number of aliphatic hydroxyl groups excluding tert-OH is 1. The van der Waals surface area contributed by atoms with Crippen molar-refractivity contribution in [3.63, 3.8) is 0 Å². The summed E-state index contributed by atoms with van der Waals surface area (Å²) in [7, 11) is 0. The summed E-state index contributed by atoms with van der Waals surface area (Å²) in [6, 6.07) is 4.18. The summed E-state index contributed by atoms with van der Waals surface area (Å²) in [6.07, 6.45) is 3.66. The van der Waals surface area contributed by atoms with Crippen LogP contribution >= 0.6 is 0 Å². The van der Waals surface area contributed by atoms with Gasteiger partial charge in [-0.05, 0) is 44.7 Å². The number of nitrogens with zero attached hydrogens (tertiary/aromatic N) is 2. The van der Waals surface area contributed by atoms with Crippen molar-refractivity contribution in [2.45, 2.75) is 57.4 Å². The van der Waals surface area contributed by atoms with Crippen LogP contribution in [0.3, 0.4) is 0 Å². The van der Waals surface area contributed by atoms with Gasteiger partial charge in [-0.1, -0.05) is 36.9 Å². The third kappa shape index (κ3) is 3.79. The number of amides is 2. The van der Waals surface area contributed by atoms with E-state index in [1.54, 1.807) is 17.9 Å². The molecule has 0 aromatic heterocycles. The zero-order valence-corrected chi connectivity index (χ0v) is 20.6. The molecule has 3 heterocycles. The Morgan fingerprint density at radius 2 is 2.00 bits per heavy atom. The molecule has 1 aromatic carbocycles. The van der Waals surface area contributed by atoms with E-state index in [9.17, 15) is 19.5 Å². The molecule has 188 valence electrons. The van der Waals surface area contributed by atoms with E-state index in [0.717, 1.165) is 16.8 Å². The second-order valence-corrected chi connectivity index (χ2v) is 9.73. The minimum atomic E-state index is -1.16. The number of esters is 1. The predicted molar refractivity (Wildman–Crippen MR) is 131 cm³/mol. The number of aryl methyl sites for hydroxylation is 2. The molecule has 8 heteroatoms. The molecular formula is C27H34N2O6. The monoisotopic (exact) mass is 482 g/mol. The first-order chi connectivity index (χ1) is 16.7. The van der Waals surface area contributed by atoms with Gasteiger partial charge in [0.2, 0.25) is 5.91 Å². The fraction of sp³-hybridized carbons (Fsp3) is 0.519. The van der Waals surface area contributed by atoms with Gasteiger partial charge in [-0.2, -0.15) is 0 Å². The number of carbonyl (C=O) groups is 3. The Morgan fingerprint density at radius 3 is 2.60 bits per heavy atom. The smallest absolute Gasteiger partial charge is 0.312 e. The number of anilines is 1. The van der Waals surface area contributed by atoms with Crippen LogP contribution in [0.1, 0.15) is 30.9 Å². The summed E-state index contributed by atoms with van der Waals surface area (Å²) in [5.74, 6) is -2.82. The van der Waals surface area contributed by atoms with Gasteiger partial charge in [0, 0.05) is 12.2 Å². The number of benzene rings is 1. The minimum absolute atomic E-state index is 0.0365. The van der Waals surface area contributed by atoms with E-state index in [1.807, 2.05) is 32.0 Å². The largest absolute Gasteiger partial charge is 0.461 e. The number of hydrogen-bond donors (Lipinski definition) is 1. The van der Waals surface area contributed by atoms with Crippen LogP contribution in [-0.4, -0.2) is 71.3 Å². The van der Waals surface area contributed by atoms with Crippen LogP contribution in [0.15, 0.2) is 43.5 Å². The SMILES string of the molecule is C=CCOC(=O)[C@@H]1[C@@H]2CCC3(O2)C(C(=O)N(CC=C)c2c(C)cccc2C)N([C@H](C)CO)C(=O)[C@H]13. The van der Waals surface area contributed by atoms with E-state index in [2.05, 4.69) is 13.2 Å². The number of likely N-dealkylation sites (tertiary alicyclic amines) is 1. The molecule has 2 unspecified atom stereocenters. The Hall–Kier alpha value is -2.97. The van der Waals surface area contributed by atoms with Gasteiger partial charge in [-0.25, -0.2) is 0 Å². The lowest BCUT2D eigenvalue weighted by Crippen LogP contribution is -2.58. The van der Waals surface area contributed by atoms with Crippen molar-refractivity contribution in [3.05, 3.63) is 54.6 Å². The molecule has 3 aliphatic rings. The average molecular weight is 483 g/mol. The van der Waals surface area contributed by atoms with E-state index < -0.39 is 41.6 Å². The third-order valence-electron chi connectivity index (χ3n) is 7.61. The maximum absolute atomic E-state index is 14.4. The summed E-state index contributed by atoms with van der Waals surface area (Å²) in [6.45, 7) is 12.9. The van der Waals surface area contributed by atoms with Gasteiger partial charge < -0.3 is 24.4 Å². The second-order valence-electron chi connectivity index (χ2n) is 9.73. The lowest BCUT2D eigenvalue weighted by Gasteiger charge is -2.39. The fourth-order valence-electron chi connectivity index (χ4n) is 6.24. The van der Waals surface area contributed by atoms with E-state index in [-0.39, 0.29) is 31.6 Å². The minimum Gasteiger partial charge on any atom is -0.461 e. The molecule has 35 heavy (non-hydrogen) atoms. The number of rotatable bonds is 9. The van der Waals surface area contributed by atoms with E-state index >= 15 is 0 Å². The van der Waals surface area contributed by atoms with E-state index in [4.69, 9.17) is 9.47 Å². The van der Waals surface area contributed by atoms with Crippen LogP contribution in [0.2, 0.25) is 0 Å². The maximum atomic E-state index is 14.4. The summed E-state index contributed by atoms with van der Waals surface area (Å²) in [5.41, 5.74) is 1.44. The Kier molecular flexibility index (Phi) is 6.88. The van der Waals surface area contributed by atoms with Gasteiger partial charge >= 0.3 is 5.97 Å². The van der Waals surface area contributed by atoms with Crippen molar-refractivity contribution in [2.75, 3.05) is 24.7 Å². The Balaban J connectivity index is 1.81. The number of carbonyl (C=O) groups excluding carboxylic acids is 3. The van der Waals surface area contributed by atoms with Crippen LogP contribution in [-0.2, 0) is 23.9 Å². The molecular weight excluding hydrogens is 448 g/mol. The molecule has 6 atom stereocenters. The Morgan fingerprint density at radius 1 is 1.31 bits per heavy atom. The molecule has 3 fully saturated rings. The number of aliphatic hydroxyl groups is 1. The first-order valence-electron chi connectivity index (χ1n) is 12.1. The van der Waals surface area contributed by atoms with Crippen molar-refractivity contribution >= 4 is 23.5 Å². The number of ether oxygens (including phenoxy) is 2. The molecule has 1 aromatic rings. The van der Waals surface area contributed by atoms with Gasteiger partial charge in [-0.15, -0.1) is 6.58 Å². The summed E-state index contributed by atoms with van der Waals surface area (Å²) < 4.78 is 11.7. The van der Waals surface area contributed by atoms with Crippen LogP contribution in [0.25, 0.3) is 0 Å². The van der Waals surface area contributed by atoms with Gasteiger partial charge in [-0.3, -0.25) is 14.4 Å². The van der Waals surface area contributed by atoms with Crippen LogP contribution in [0.5, 0.6) is 0 Å². The molecule has 2 amide bonds. The van der Waals surface area contributed by atoms with E-state index in [1.165, 1.54) is 11.0 Å². The molecule has 3 saturated heterocycles.